The van der Waals surface area contributed by atoms with E-state index < -0.39 is 5.54 Å². The lowest BCUT2D eigenvalue weighted by atomic mass is 9.95. The average molecular weight is 270 g/mol. The van der Waals surface area contributed by atoms with Gasteiger partial charge < -0.3 is 10.1 Å². The number of carbonyl (C=O) groups is 1. The fourth-order valence-electron chi connectivity index (χ4n) is 1.96. The van der Waals surface area contributed by atoms with Crippen LogP contribution < -0.4 is 10.1 Å². The van der Waals surface area contributed by atoms with Crippen molar-refractivity contribution in [2.45, 2.75) is 19.4 Å². The van der Waals surface area contributed by atoms with Crippen molar-refractivity contribution in [2.24, 2.45) is 0 Å². The van der Waals surface area contributed by atoms with E-state index in [1.807, 2.05) is 32.0 Å². The summed E-state index contributed by atoms with van der Waals surface area (Å²) in [6.45, 7) is 3.92. The summed E-state index contributed by atoms with van der Waals surface area (Å²) in [6.07, 6.45) is 3.43. The molecule has 0 spiro atoms. The minimum absolute atomic E-state index is 0.134. The first-order chi connectivity index (χ1) is 9.53. The second-order valence-electron chi connectivity index (χ2n) is 5.05. The summed E-state index contributed by atoms with van der Waals surface area (Å²) in [7, 11) is 1.58. The Morgan fingerprint density at radius 1 is 1.20 bits per heavy atom. The van der Waals surface area contributed by atoms with Crippen LogP contribution in [0.1, 0.15) is 29.8 Å². The van der Waals surface area contributed by atoms with Crippen LogP contribution in [-0.2, 0) is 5.54 Å². The summed E-state index contributed by atoms with van der Waals surface area (Å²) in [5.41, 5.74) is 1.11. The second kappa shape index (κ2) is 5.74. The number of methoxy groups -OCH3 is 1. The highest BCUT2D eigenvalue weighted by atomic mass is 16.5. The molecule has 0 unspecified atom stereocenters. The van der Waals surface area contributed by atoms with Gasteiger partial charge in [0.2, 0.25) is 0 Å². The first kappa shape index (κ1) is 14.1. The van der Waals surface area contributed by atoms with Crippen molar-refractivity contribution >= 4 is 5.91 Å². The Kier molecular flexibility index (Phi) is 4.03. The van der Waals surface area contributed by atoms with Crippen molar-refractivity contribution in [2.75, 3.05) is 7.11 Å². The van der Waals surface area contributed by atoms with E-state index in [4.69, 9.17) is 4.74 Å². The maximum Gasteiger partial charge on any atom is 0.252 e. The number of rotatable bonds is 4. The van der Waals surface area contributed by atoms with Gasteiger partial charge in [-0.2, -0.15) is 0 Å². The molecule has 104 valence electrons. The summed E-state index contributed by atoms with van der Waals surface area (Å²) in [6, 6.07) is 10.9. The molecule has 0 saturated heterocycles. The van der Waals surface area contributed by atoms with E-state index in [0.717, 1.165) is 5.56 Å². The molecule has 4 heteroatoms. The molecule has 0 radical (unpaired) electrons. The van der Waals surface area contributed by atoms with Crippen molar-refractivity contribution in [3.63, 3.8) is 0 Å². The number of ether oxygens (including phenoxy) is 1. The van der Waals surface area contributed by atoms with Gasteiger partial charge in [-0.1, -0.05) is 6.07 Å². The monoisotopic (exact) mass is 270 g/mol. The smallest absolute Gasteiger partial charge is 0.252 e. The van der Waals surface area contributed by atoms with Crippen molar-refractivity contribution in [3.8, 4) is 5.75 Å². The number of hydrogen-bond donors (Lipinski definition) is 1. The molecule has 2 aromatic rings. The van der Waals surface area contributed by atoms with E-state index in [9.17, 15) is 4.79 Å². The molecule has 0 aliphatic heterocycles. The van der Waals surface area contributed by atoms with Crippen molar-refractivity contribution in [3.05, 3.63) is 59.9 Å². The van der Waals surface area contributed by atoms with Gasteiger partial charge in [0.15, 0.2) is 0 Å². The quantitative estimate of drug-likeness (QED) is 0.929. The normalized spacial score (nSPS) is 10.9. The highest BCUT2D eigenvalue weighted by Gasteiger charge is 2.23. The van der Waals surface area contributed by atoms with E-state index in [2.05, 4.69) is 10.3 Å². The van der Waals surface area contributed by atoms with Gasteiger partial charge in [0.1, 0.15) is 5.75 Å². The van der Waals surface area contributed by atoms with Crippen molar-refractivity contribution in [1.29, 1.82) is 0 Å². The Balaban J connectivity index is 2.18. The third-order valence-electron chi connectivity index (χ3n) is 3.16. The molecule has 1 aromatic carbocycles. The predicted octanol–water partition coefficient (Wildman–Crippen LogP) is 2.76. The molecule has 0 saturated carbocycles. The topological polar surface area (TPSA) is 51.2 Å². The van der Waals surface area contributed by atoms with Crippen LogP contribution in [0.2, 0.25) is 0 Å². The fraction of sp³-hybridized carbons (Fsp3) is 0.250. The lowest BCUT2D eigenvalue weighted by Gasteiger charge is -2.26. The fourth-order valence-corrected chi connectivity index (χ4v) is 1.96. The Bertz CT molecular complexity index is 594. The number of amides is 1. The Hall–Kier alpha value is -2.36. The molecule has 0 fully saturated rings. The van der Waals surface area contributed by atoms with Crippen molar-refractivity contribution in [1.82, 2.24) is 10.3 Å². The molecule has 20 heavy (non-hydrogen) atoms. The van der Waals surface area contributed by atoms with Crippen LogP contribution in [0.3, 0.4) is 0 Å². The van der Waals surface area contributed by atoms with Gasteiger partial charge in [-0.25, -0.2) is 0 Å². The average Bonchev–Trinajstić information content (AvgIpc) is 2.48. The molecular formula is C16H18N2O2. The zero-order valence-corrected chi connectivity index (χ0v) is 11.9. The molecule has 1 amide bonds. The molecule has 1 heterocycles. The molecule has 0 aliphatic rings. The SMILES string of the molecule is COc1cccc(C(=O)NC(C)(C)c2ccncc2)c1. The number of benzene rings is 1. The lowest BCUT2D eigenvalue weighted by molar-refractivity contribution is 0.0911. The molecule has 0 aliphatic carbocycles. The molecule has 1 aromatic heterocycles. The van der Waals surface area contributed by atoms with Crippen LogP contribution in [0.15, 0.2) is 48.8 Å². The minimum Gasteiger partial charge on any atom is -0.497 e. The van der Waals surface area contributed by atoms with Crippen molar-refractivity contribution < 1.29 is 9.53 Å². The first-order valence-electron chi connectivity index (χ1n) is 6.40. The molecular weight excluding hydrogens is 252 g/mol. The maximum absolute atomic E-state index is 12.3. The van der Waals surface area contributed by atoms with Gasteiger partial charge in [-0.15, -0.1) is 0 Å². The van der Waals surface area contributed by atoms with Gasteiger partial charge in [-0.3, -0.25) is 9.78 Å². The summed E-state index contributed by atoms with van der Waals surface area (Å²) < 4.78 is 5.13. The number of hydrogen-bond acceptors (Lipinski definition) is 3. The third-order valence-corrected chi connectivity index (χ3v) is 3.16. The number of nitrogens with zero attached hydrogens (tertiary/aromatic N) is 1. The second-order valence-corrected chi connectivity index (χ2v) is 5.05. The van der Waals surface area contributed by atoms with E-state index in [-0.39, 0.29) is 5.91 Å². The highest BCUT2D eigenvalue weighted by molar-refractivity contribution is 5.95. The van der Waals surface area contributed by atoms with Gasteiger partial charge in [0, 0.05) is 18.0 Å². The molecule has 4 nitrogen and oxygen atoms in total. The van der Waals surface area contributed by atoms with E-state index in [1.54, 1.807) is 37.7 Å². The maximum atomic E-state index is 12.3. The number of carbonyl (C=O) groups excluding carboxylic acids is 1. The van der Waals surface area contributed by atoms with E-state index >= 15 is 0 Å². The third kappa shape index (κ3) is 3.15. The Morgan fingerprint density at radius 2 is 1.90 bits per heavy atom. The lowest BCUT2D eigenvalue weighted by Crippen LogP contribution is -2.41. The first-order valence-corrected chi connectivity index (χ1v) is 6.40. The summed E-state index contributed by atoms with van der Waals surface area (Å²) in [5, 5.41) is 3.02. The number of nitrogens with one attached hydrogen (secondary N) is 1. The van der Waals surface area contributed by atoms with E-state index in [1.165, 1.54) is 0 Å². The van der Waals surface area contributed by atoms with Gasteiger partial charge >= 0.3 is 0 Å². The van der Waals surface area contributed by atoms with Crippen LogP contribution in [0.25, 0.3) is 0 Å². The molecule has 0 bridgehead atoms. The van der Waals surface area contributed by atoms with Crippen LogP contribution in [-0.4, -0.2) is 18.0 Å². The van der Waals surface area contributed by atoms with Crippen LogP contribution >= 0.6 is 0 Å². The molecule has 2 rings (SSSR count). The molecule has 1 N–H and O–H groups in total. The standard InChI is InChI=1S/C16H18N2O2/c1-16(2,13-7-9-17-10-8-13)18-15(19)12-5-4-6-14(11-12)20-3/h4-11H,1-3H3,(H,18,19). The number of aromatic nitrogens is 1. The van der Waals surface area contributed by atoms with Crippen LogP contribution in [0, 0.1) is 0 Å². The number of pyridine rings is 1. The largest absolute Gasteiger partial charge is 0.497 e. The minimum atomic E-state index is -0.469. The highest BCUT2D eigenvalue weighted by Crippen LogP contribution is 2.20. The van der Waals surface area contributed by atoms with Gasteiger partial charge in [-0.05, 0) is 49.7 Å². The predicted molar refractivity (Wildman–Crippen MR) is 77.7 cm³/mol. The van der Waals surface area contributed by atoms with Gasteiger partial charge in [0.05, 0.1) is 12.6 Å². The summed E-state index contributed by atoms with van der Waals surface area (Å²) in [5.74, 6) is 0.532. The van der Waals surface area contributed by atoms with Crippen LogP contribution in [0.4, 0.5) is 0 Å². The Morgan fingerprint density at radius 3 is 2.55 bits per heavy atom. The summed E-state index contributed by atoms with van der Waals surface area (Å²) in [4.78, 5) is 16.3. The summed E-state index contributed by atoms with van der Waals surface area (Å²) >= 11 is 0. The van der Waals surface area contributed by atoms with Gasteiger partial charge in [0.25, 0.3) is 5.91 Å². The molecule has 0 atom stereocenters. The Labute approximate surface area is 118 Å². The zero-order valence-electron chi connectivity index (χ0n) is 11.9. The van der Waals surface area contributed by atoms with E-state index in [0.29, 0.717) is 11.3 Å². The van der Waals surface area contributed by atoms with Crippen LogP contribution in [0.5, 0.6) is 5.75 Å². The zero-order chi connectivity index (χ0) is 14.6.